The summed E-state index contributed by atoms with van der Waals surface area (Å²) < 4.78 is 0. The molecule has 0 heterocycles. The molecule has 0 saturated heterocycles. The number of hydrogen-bond donors (Lipinski definition) is 1. The van der Waals surface area contributed by atoms with Crippen molar-refractivity contribution < 1.29 is 0 Å². The molecule has 108 valence electrons. The molecule has 0 aliphatic heterocycles. The Morgan fingerprint density at radius 1 is 0.737 bits per heavy atom. The van der Waals surface area contributed by atoms with E-state index in [0.29, 0.717) is 0 Å². The topological polar surface area (TPSA) is 26.0 Å². The maximum atomic E-state index is 6.69. The molecule has 0 amide bonds. The first-order chi connectivity index (χ1) is 9.15. The van der Waals surface area contributed by atoms with Gasteiger partial charge in [-0.05, 0) is 87.4 Å². The fraction of sp³-hybridized carbons (Fsp3) is 1.00. The molecule has 0 radical (unpaired) electrons. The molecule has 5 aliphatic carbocycles. The lowest BCUT2D eigenvalue weighted by Gasteiger charge is -2.57. The second-order valence-electron chi connectivity index (χ2n) is 8.84. The molecule has 0 aromatic rings. The molecule has 5 saturated carbocycles. The van der Waals surface area contributed by atoms with Crippen molar-refractivity contribution in [3.05, 3.63) is 0 Å². The first kappa shape index (κ1) is 12.7. The van der Waals surface area contributed by atoms with E-state index in [1.165, 1.54) is 44.9 Å². The molecule has 5 aliphatic rings. The highest BCUT2D eigenvalue weighted by Gasteiger charge is 2.50. The van der Waals surface area contributed by atoms with Gasteiger partial charge in [-0.1, -0.05) is 19.3 Å². The molecule has 1 nitrogen and oxygen atoms in total. The highest BCUT2D eigenvalue weighted by Crippen LogP contribution is 2.62. The van der Waals surface area contributed by atoms with Gasteiger partial charge in [-0.25, -0.2) is 0 Å². The Morgan fingerprint density at radius 2 is 1.26 bits per heavy atom. The van der Waals surface area contributed by atoms with E-state index >= 15 is 0 Å². The third-order valence-corrected chi connectivity index (χ3v) is 7.17. The minimum Gasteiger partial charge on any atom is -0.325 e. The summed E-state index contributed by atoms with van der Waals surface area (Å²) in [5.41, 5.74) is 7.66. The smallest absolute Gasteiger partial charge is 0.0154 e. The molecular formula is C18H31N. The largest absolute Gasteiger partial charge is 0.325 e. The van der Waals surface area contributed by atoms with E-state index in [4.69, 9.17) is 5.73 Å². The lowest BCUT2D eigenvalue weighted by atomic mass is 9.48. The summed E-state index contributed by atoms with van der Waals surface area (Å²) in [7, 11) is 0. The van der Waals surface area contributed by atoms with E-state index in [1.807, 2.05) is 0 Å². The molecule has 0 aromatic heterocycles. The molecule has 1 heteroatoms. The minimum absolute atomic E-state index is 0.224. The van der Waals surface area contributed by atoms with Crippen molar-refractivity contribution in [3.63, 3.8) is 0 Å². The normalized spacial score (nSPS) is 47.5. The van der Waals surface area contributed by atoms with Gasteiger partial charge in [0.25, 0.3) is 0 Å². The van der Waals surface area contributed by atoms with Crippen LogP contribution in [0.4, 0.5) is 0 Å². The summed E-state index contributed by atoms with van der Waals surface area (Å²) >= 11 is 0. The summed E-state index contributed by atoms with van der Waals surface area (Å²) in [6.45, 7) is 0. The van der Waals surface area contributed by atoms with Crippen molar-refractivity contribution in [1.29, 1.82) is 0 Å². The first-order valence-electron chi connectivity index (χ1n) is 8.94. The Kier molecular flexibility index (Phi) is 2.99. The molecule has 0 atom stereocenters. The Morgan fingerprint density at radius 3 is 1.79 bits per heavy atom. The average Bonchev–Trinajstić information content (AvgIpc) is 2.36. The fourth-order valence-corrected chi connectivity index (χ4v) is 6.62. The molecule has 5 rings (SSSR count). The number of rotatable bonds is 3. The van der Waals surface area contributed by atoms with E-state index in [9.17, 15) is 0 Å². The Labute approximate surface area is 118 Å². The Balaban J connectivity index is 1.42. The fourth-order valence-electron chi connectivity index (χ4n) is 6.62. The molecule has 0 spiro atoms. The second-order valence-corrected chi connectivity index (χ2v) is 8.84. The van der Waals surface area contributed by atoms with Crippen LogP contribution in [-0.2, 0) is 0 Å². The van der Waals surface area contributed by atoms with Crippen molar-refractivity contribution >= 4 is 0 Å². The van der Waals surface area contributed by atoms with Gasteiger partial charge < -0.3 is 5.73 Å². The monoisotopic (exact) mass is 261 g/mol. The van der Waals surface area contributed by atoms with Gasteiger partial charge in [-0.15, -0.1) is 0 Å². The second kappa shape index (κ2) is 4.48. The van der Waals surface area contributed by atoms with Crippen LogP contribution in [-0.4, -0.2) is 5.54 Å². The van der Waals surface area contributed by atoms with Gasteiger partial charge in [0.1, 0.15) is 0 Å². The quantitative estimate of drug-likeness (QED) is 0.786. The van der Waals surface area contributed by atoms with Crippen molar-refractivity contribution in [2.75, 3.05) is 0 Å². The summed E-state index contributed by atoms with van der Waals surface area (Å²) in [6, 6.07) is 0. The zero-order chi connectivity index (χ0) is 12.9. The zero-order valence-electron chi connectivity index (χ0n) is 12.5. The Hall–Kier alpha value is -0.0400. The summed E-state index contributed by atoms with van der Waals surface area (Å²) in [6.07, 6.45) is 19.0. The van der Waals surface area contributed by atoms with Crippen molar-refractivity contribution in [3.8, 4) is 0 Å². The van der Waals surface area contributed by atoms with Crippen LogP contribution in [0.25, 0.3) is 0 Å². The van der Waals surface area contributed by atoms with E-state index in [1.54, 1.807) is 38.5 Å². The van der Waals surface area contributed by atoms with Crippen LogP contribution in [0.2, 0.25) is 0 Å². The van der Waals surface area contributed by atoms with Crippen molar-refractivity contribution in [1.82, 2.24) is 0 Å². The van der Waals surface area contributed by atoms with E-state index in [0.717, 1.165) is 23.2 Å². The molecule has 0 aromatic carbocycles. The van der Waals surface area contributed by atoms with Crippen LogP contribution in [0.5, 0.6) is 0 Å². The van der Waals surface area contributed by atoms with Crippen molar-refractivity contribution in [2.24, 2.45) is 28.9 Å². The highest BCUT2D eigenvalue weighted by atomic mass is 14.7. The Bertz CT molecular complexity index is 304. The lowest BCUT2D eigenvalue weighted by molar-refractivity contribution is -0.0614. The van der Waals surface area contributed by atoms with Gasteiger partial charge >= 0.3 is 0 Å². The predicted octanol–water partition coefficient (Wildman–Crippen LogP) is 4.64. The molecule has 19 heavy (non-hydrogen) atoms. The molecule has 0 unspecified atom stereocenters. The minimum atomic E-state index is 0.224. The maximum absolute atomic E-state index is 6.69. The van der Waals surface area contributed by atoms with E-state index in [2.05, 4.69) is 0 Å². The standard InChI is InChI=1S/C18H31N/c19-18(4-2-1-3-5-18)7-6-17-11-14-8-15(12-17)10-16(9-14)13-17/h14-16H,1-13,19H2. The predicted molar refractivity (Wildman–Crippen MR) is 79.8 cm³/mol. The molecule has 4 bridgehead atoms. The number of hydrogen-bond acceptors (Lipinski definition) is 1. The highest BCUT2D eigenvalue weighted by molar-refractivity contribution is 5.02. The van der Waals surface area contributed by atoms with Gasteiger partial charge in [0, 0.05) is 5.54 Å². The van der Waals surface area contributed by atoms with E-state index in [-0.39, 0.29) is 5.54 Å². The van der Waals surface area contributed by atoms with Crippen LogP contribution in [0, 0.1) is 23.2 Å². The SMILES string of the molecule is NC1(CCC23CC4CC(CC(C4)C2)C3)CCCCC1. The van der Waals surface area contributed by atoms with E-state index < -0.39 is 0 Å². The van der Waals surface area contributed by atoms with Gasteiger partial charge in [0.2, 0.25) is 0 Å². The zero-order valence-corrected chi connectivity index (χ0v) is 12.5. The number of nitrogens with two attached hydrogens (primary N) is 1. The summed E-state index contributed by atoms with van der Waals surface area (Å²) in [4.78, 5) is 0. The lowest BCUT2D eigenvalue weighted by Crippen LogP contribution is -2.48. The summed E-state index contributed by atoms with van der Waals surface area (Å²) in [5, 5.41) is 0. The van der Waals surface area contributed by atoms with Crippen LogP contribution in [0.3, 0.4) is 0 Å². The maximum Gasteiger partial charge on any atom is 0.0154 e. The van der Waals surface area contributed by atoms with Gasteiger partial charge in [-0.3, -0.25) is 0 Å². The van der Waals surface area contributed by atoms with Crippen LogP contribution in [0.15, 0.2) is 0 Å². The van der Waals surface area contributed by atoms with Crippen molar-refractivity contribution in [2.45, 2.75) is 89.0 Å². The van der Waals surface area contributed by atoms with Gasteiger partial charge in [0.05, 0.1) is 0 Å². The molecule has 2 N–H and O–H groups in total. The van der Waals surface area contributed by atoms with Gasteiger partial charge in [0.15, 0.2) is 0 Å². The van der Waals surface area contributed by atoms with Crippen LogP contribution >= 0.6 is 0 Å². The average molecular weight is 261 g/mol. The van der Waals surface area contributed by atoms with Gasteiger partial charge in [-0.2, -0.15) is 0 Å². The molecular weight excluding hydrogens is 230 g/mol. The van der Waals surface area contributed by atoms with Crippen LogP contribution in [0.1, 0.15) is 83.5 Å². The molecule has 5 fully saturated rings. The third-order valence-electron chi connectivity index (χ3n) is 7.17. The van der Waals surface area contributed by atoms with Crippen LogP contribution < -0.4 is 5.73 Å². The first-order valence-corrected chi connectivity index (χ1v) is 8.94. The summed E-state index contributed by atoms with van der Waals surface area (Å²) in [5.74, 6) is 3.31. The third kappa shape index (κ3) is 2.37.